The zero-order valence-electron chi connectivity index (χ0n) is 15.2. The lowest BCUT2D eigenvalue weighted by Crippen LogP contribution is -2.25. The van der Waals surface area contributed by atoms with E-state index in [4.69, 9.17) is 5.11 Å². The smallest absolute Gasteiger partial charge is 0.303 e. The highest BCUT2D eigenvalue weighted by Crippen LogP contribution is 2.33. The predicted molar refractivity (Wildman–Crippen MR) is 105 cm³/mol. The molecule has 3 aromatic rings. The molecule has 0 aliphatic carbocycles. The Morgan fingerprint density at radius 2 is 2.04 bits per heavy atom. The maximum atomic E-state index is 13.2. The van der Waals surface area contributed by atoms with Crippen molar-refractivity contribution < 1.29 is 9.90 Å². The fourth-order valence-corrected chi connectivity index (χ4v) is 4.22. The van der Waals surface area contributed by atoms with Gasteiger partial charge in [-0.25, -0.2) is 4.98 Å². The average Bonchev–Trinajstić information content (AvgIpc) is 3.00. The Balaban J connectivity index is 2.16. The Morgan fingerprint density at radius 3 is 2.69 bits per heavy atom. The van der Waals surface area contributed by atoms with Crippen LogP contribution in [0, 0.1) is 13.8 Å². The Kier molecular flexibility index (Phi) is 5.23. The molecule has 0 bridgehead atoms. The van der Waals surface area contributed by atoms with Gasteiger partial charge < -0.3 is 5.11 Å². The number of benzene rings is 1. The van der Waals surface area contributed by atoms with Gasteiger partial charge in [-0.15, -0.1) is 11.3 Å². The molecule has 0 radical (unpaired) electrons. The summed E-state index contributed by atoms with van der Waals surface area (Å²) in [6, 6.07) is 6.21. The highest BCUT2D eigenvalue weighted by molar-refractivity contribution is 7.17. The molecule has 0 fully saturated rings. The average molecular weight is 370 g/mol. The molecule has 26 heavy (non-hydrogen) atoms. The molecule has 0 saturated carbocycles. The number of hydrogen-bond acceptors (Lipinski definition) is 4. The first-order chi connectivity index (χ1) is 12.4. The number of aliphatic carboxylic acids is 1. The van der Waals surface area contributed by atoms with E-state index >= 15 is 0 Å². The summed E-state index contributed by atoms with van der Waals surface area (Å²) >= 11 is 1.48. The van der Waals surface area contributed by atoms with Crippen LogP contribution >= 0.6 is 11.3 Å². The van der Waals surface area contributed by atoms with Crippen LogP contribution in [-0.2, 0) is 17.8 Å². The third-order valence-corrected chi connectivity index (χ3v) is 5.41. The first-order valence-corrected chi connectivity index (χ1v) is 9.60. The maximum absolute atomic E-state index is 13.2. The van der Waals surface area contributed by atoms with Gasteiger partial charge in [0.25, 0.3) is 5.56 Å². The second-order valence-electron chi connectivity index (χ2n) is 6.48. The van der Waals surface area contributed by atoms with Crippen LogP contribution in [0.5, 0.6) is 0 Å². The lowest BCUT2D eigenvalue weighted by atomic mass is 9.99. The number of aryl methyl sites for hydroxylation is 3. The van der Waals surface area contributed by atoms with Crippen LogP contribution < -0.4 is 5.56 Å². The number of thiophene rings is 1. The molecule has 1 aromatic carbocycles. The van der Waals surface area contributed by atoms with Gasteiger partial charge in [0.15, 0.2) is 0 Å². The van der Waals surface area contributed by atoms with Gasteiger partial charge in [-0.1, -0.05) is 30.7 Å². The number of aromatic nitrogens is 2. The van der Waals surface area contributed by atoms with Crippen molar-refractivity contribution in [2.45, 2.75) is 46.6 Å². The van der Waals surface area contributed by atoms with E-state index in [0.29, 0.717) is 30.6 Å². The summed E-state index contributed by atoms with van der Waals surface area (Å²) in [5.74, 6) is -0.140. The molecule has 0 aliphatic heterocycles. The Hall–Kier alpha value is -2.47. The highest BCUT2D eigenvalue weighted by Gasteiger charge is 2.17. The molecule has 0 aliphatic rings. The maximum Gasteiger partial charge on any atom is 0.303 e. The summed E-state index contributed by atoms with van der Waals surface area (Å²) in [7, 11) is 0. The van der Waals surface area contributed by atoms with E-state index in [1.165, 1.54) is 16.9 Å². The molecule has 0 saturated heterocycles. The van der Waals surface area contributed by atoms with E-state index in [9.17, 15) is 9.59 Å². The largest absolute Gasteiger partial charge is 0.481 e. The lowest BCUT2D eigenvalue weighted by molar-refractivity contribution is -0.137. The first-order valence-electron chi connectivity index (χ1n) is 8.72. The normalized spacial score (nSPS) is 11.2. The van der Waals surface area contributed by atoms with E-state index in [-0.39, 0.29) is 12.0 Å². The Bertz CT molecular complexity index is 1030. The van der Waals surface area contributed by atoms with Crippen molar-refractivity contribution in [3.05, 3.63) is 50.9 Å². The molecule has 2 aromatic heterocycles. The topological polar surface area (TPSA) is 72.2 Å². The third-order valence-electron chi connectivity index (χ3n) is 4.53. The Morgan fingerprint density at radius 1 is 1.27 bits per heavy atom. The minimum absolute atomic E-state index is 0.0429. The standard InChI is InChI=1S/C20H22N2O3S/c1-4-16-21-19-18(20(25)22(16)9-5-6-17(23)24)15(11-26-19)14-8-7-12(2)10-13(14)3/h7-8,10-11H,4-6,9H2,1-3H3,(H,23,24). The molecule has 0 unspecified atom stereocenters. The molecular formula is C20H22N2O3S. The van der Waals surface area contributed by atoms with Gasteiger partial charge in [0.05, 0.1) is 5.39 Å². The number of carboxylic acids is 1. The van der Waals surface area contributed by atoms with Crippen LogP contribution in [-0.4, -0.2) is 20.6 Å². The number of carboxylic acid groups (broad SMARTS) is 1. The molecule has 1 N–H and O–H groups in total. The van der Waals surface area contributed by atoms with Gasteiger partial charge in [0, 0.05) is 30.3 Å². The SMILES string of the molecule is CCc1nc2scc(-c3ccc(C)cc3C)c2c(=O)n1CCCC(=O)O. The summed E-state index contributed by atoms with van der Waals surface area (Å²) in [5.41, 5.74) is 4.19. The highest BCUT2D eigenvalue weighted by atomic mass is 32.1. The van der Waals surface area contributed by atoms with Gasteiger partial charge in [0.2, 0.25) is 0 Å². The van der Waals surface area contributed by atoms with Crippen molar-refractivity contribution in [2.24, 2.45) is 0 Å². The zero-order chi connectivity index (χ0) is 18.8. The van der Waals surface area contributed by atoms with Gasteiger partial charge in [-0.2, -0.15) is 0 Å². The van der Waals surface area contributed by atoms with Gasteiger partial charge in [-0.3, -0.25) is 14.2 Å². The second kappa shape index (κ2) is 7.41. The quantitative estimate of drug-likeness (QED) is 0.707. The van der Waals surface area contributed by atoms with Crippen molar-refractivity contribution in [1.29, 1.82) is 0 Å². The van der Waals surface area contributed by atoms with E-state index in [1.54, 1.807) is 4.57 Å². The summed E-state index contributed by atoms with van der Waals surface area (Å²) in [5, 5.41) is 11.5. The van der Waals surface area contributed by atoms with Crippen molar-refractivity contribution >= 4 is 27.5 Å². The van der Waals surface area contributed by atoms with Crippen molar-refractivity contribution in [3.63, 3.8) is 0 Å². The van der Waals surface area contributed by atoms with E-state index < -0.39 is 5.97 Å². The first kappa shape index (κ1) is 18.3. The number of rotatable bonds is 6. The van der Waals surface area contributed by atoms with Gasteiger partial charge >= 0.3 is 5.97 Å². The molecule has 0 amide bonds. The van der Waals surface area contributed by atoms with Crippen molar-refractivity contribution in [3.8, 4) is 11.1 Å². The van der Waals surface area contributed by atoms with Crippen LogP contribution in [0.25, 0.3) is 21.3 Å². The molecule has 0 spiro atoms. The molecule has 6 heteroatoms. The summed E-state index contributed by atoms with van der Waals surface area (Å²) in [4.78, 5) is 29.4. The number of nitrogens with zero attached hydrogens (tertiary/aromatic N) is 2. The summed E-state index contributed by atoms with van der Waals surface area (Å²) in [6.45, 7) is 6.43. The van der Waals surface area contributed by atoms with Gasteiger partial charge in [-0.05, 0) is 31.4 Å². The number of hydrogen-bond donors (Lipinski definition) is 1. The molecule has 0 atom stereocenters. The van der Waals surface area contributed by atoms with Crippen LogP contribution in [0.3, 0.4) is 0 Å². The molecule has 5 nitrogen and oxygen atoms in total. The second-order valence-corrected chi connectivity index (χ2v) is 7.34. The van der Waals surface area contributed by atoms with Crippen LogP contribution in [0.15, 0.2) is 28.4 Å². The summed E-state index contributed by atoms with van der Waals surface area (Å²) in [6.07, 6.45) is 1.09. The molecule has 3 rings (SSSR count). The van der Waals surface area contributed by atoms with Gasteiger partial charge in [0.1, 0.15) is 10.7 Å². The van der Waals surface area contributed by atoms with Crippen molar-refractivity contribution in [2.75, 3.05) is 0 Å². The Labute approximate surface area is 155 Å². The minimum atomic E-state index is -0.850. The minimum Gasteiger partial charge on any atom is -0.481 e. The summed E-state index contributed by atoms with van der Waals surface area (Å²) < 4.78 is 1.64. The van der Waals surface area contributed by atoms with Crippen LogP contribution in [0.1, 0.15) is 36.7 Å². The van der Waals surface area contributed by atoms with Crippen molar-refractivity contribution in [1.82, 2.24) is 9.55 Å². The number of carbonyl (C=O) groups is 1. The number of fused-ring (bicyclic) bond motifs is 1. The molecule has 136 valence electrons. The fourth-order valence-electron chi connectivity index (χ4n) is 3.27. The van der Waals surface area contributed by atoms with E-state index in [1.807, 2.05) is 38.3 Å². The predicted octanol–water partition coefficient (Wildman–Crippen LogP) is 4.17. The lowest BCUT2D eigenvalue weighted by Gasteiger charge is -2.12. The van der Waals surface area contributed by atoms with E-state index in [0.717, 1.165) is 21.5 Å². The third kappa shape index (κ3) is 3.42. The zero-order valence-corrected chi connectivity index (χ0v) is 16.0. The fraction of sp³-hybridized carbons (Fsp3) is 0.350. The molecule has 2 heterocycles. The van der Waals surface area contributed by atoms with E-state index in [2.05, 4.69) is 11.1 Å². The van der Waals surface area contributed by atoms with Crippen LogP contribution in [0.2, 0.25) is 0 Å². The monoisotopic (exact) mass is 370 g/mol. The molecular weight excluding hydrogens is 348 g/mol. The van der Waals surface area contributed by atoms with Crippen LogP contribution in [0.4, 0.5) is 0 Å².